The van der Waals surface area contributed by atoms with E-state index in [4.69, 9.17) is 23.7 Å². The topological polar surface area (TPSA) is 66.4 Å². The molecule has 4 atom stereocenters. The summed E-state index contributed by atoms with van der Waals surface area (Å²) in [7, 11) is 3.37. The van der Waals surface area contributed by atoms with Gasteiger partial charge in [-0.15, -0.1) is 0 Å². The van der Waals surface area contributed by atoms with Crippen molar-refractivity contribution in [2.24, 2.45) is 23.7 Å². The zero-order valence-electron chi connectivity index (χ0n) is 33.1. The molecule has 0 saturated carbocycles. The van der Waals surface area contributed by atoms with Gasteiger partial charge in [-0.25, -0.2) is 0 Å². The number of aliphatic hydroxyl groups is 1. The molecule has 0 aliphatic carbocycles. The summed E-state index contributed by atoms with van der Waals surface area (Å²) in [5.41, 5.74) is 2.40. The number of para-hydroxylation sites is 2. The van der Waals surface area contributed by atoms with Crippen molar-refractivity contribution in [3.63, 3.8) is 0 Å². The Labute approximate surface area is 314 Å². The van der Waals surface area contributed by atoms with Crippen LogP contribution in [0.25, 0.3) is 0 Å². The van der Waals surface area contributed by atoms with Crippen LogP contribution in [0.4, 0.5) is 0 Å². The summed E-state index contributed by atoms with van der Waals surface area (Å²) < 4.78 is 29.3. The van der Waals surface area contributed by atoms with E-state index in [1.165, 1.54) is 11.1 Å². The fourth-order valence-corrected chi connectivity index (χ4v) is 6.44. The fourth-order valence-electron chi connectivity index (χ4n) is 6.44. The summed E-state index contributed by atoms with van der Waals surface area (Å²) >= 11 is 0. The van der Waals surface area contributed by atoms with E-state index in [0.717, 1.165) is 55.3 Å². The maximum atomic E-state index is 9.52. The van der Waals surface area contributed by atoms with E-state index < -0.39 is 0 Å². The first-order valence-electron chi connectivity index (χ1n) is 18.9. The normalized spacial score (nSPS) is 13.8. The molecule has 0 spiro atoms. The Morgan fingerprint density at radius 3 is 1.23 bits per heavy atom. The van der Waals surface area contributed by atoms with Gasteiger partial charge >= 0.3 is 0 Å². The van der Waals surface area contributed by atoms with Crippen LogP contribution in [-0.2, 0) is 17.6 Å². The molecule has 284 valence electrons. The van der Waals surface area contributed by atoms with Gasteiger partial charge in [-0.3, -0.25) is 0 Å². The molecule has 0 amide bonds. The maximum Gasteiger partial charge on any atom is 0.119 e. The molecular formula is C46H64O6. The van der Waals surface area contributed by atoms with Crippen molar-refractivity contribution in [1.29, 1.82) is 0 Å². The number of aliphatic hydroxyl groups excluding tert-OH is 1. The monoisotopic (exact) mass is 712 g/mol. The largest absolute Gasteiger partial charge is 0.497 e. The number of benzene rings is 4. The number of hydrogen-bond acceptors (Lipinski definition) is 6. The van der Waals surface area contributed by atoms with E-state index in [-0.39, 0.29) is 30.3 Å². The van der Waals surface area contributed by atoms with Gasteiger partial charge in [0.25, 0.3) is 0 Å². The lowest BCUT2D eigenvalue weighted by atomic mass is 9.85. The highest BCUT2D eigenvalue weighted by molar-refractivity contribution is 5.29. The van der Waals surface area contributed by atoms with Gasteiger partial charge in [0.2, 0.25) is 0 Å². The van der Waals surface area contributed by atoms with E-state index >= 15 is 0 Å². The third-order valence-corrected chi connectivity index (χ3v) is 9.11. The Hall–Kier alpha value is -4.00. The second-order valence-electron chi connectivity index (χ2n) is 15.2. The first kappa shape index (κ1) is 42.4. The van der Waals surface area contributed by atoms with Gasteiger partial charge in [-0.05, 0) is 118 Å². The second kappa shape index (κ2) is 22.2. The summed E-state index contributed by atoms with van der Waals surface area (Å²) in [6.45, 7) is 16.0. The number of ether oxygens (including phenoxy) is 5. The molecule has 4 rings (SSSR count). The molecule has 0 aromatic heterocycles. The molecule has 0 bridgehead atoms. The molecule has 4 aromatic rings. The van der Waals surface area contributed by atoms with Crippen LogP contribution >= 0.6 is 0 Å². The van der Waals surface area contributed by atoms with Crippen LogP contribution in [-0.4, -0.2) is 50.3 Å². The second-order valence-corrected chi connectivity index (χ2v) is 15.2. The molecule has 6 heteroatoms. The van der Waals surface area contributed by atoms with E-state index in [1.54, 1.807) is 14.2 Å². The highest BCUT2D eigenvalue weighted by Crippen LogP contribution is 2.29. The third kappa shape index (κ3) is 15.3. The van der Waals surface area contributed by atoms with Gasteiger partial charge in [0.15, 0.2) is 0 Å². The minimum atomic E-state index is -0.127. The van der Waals surface area contributed by atoms with Crippen LogP contribution in [0.5, 0.6) is 23.0 Å². The number of rotatable bonds is 19. The smallest absolute Gasteiger partial charge is 0.119 e. The van der Waals surface area contributed by atoms with Crippen LogP contribution in [0.15, 0.2) is 109 Å². The van der Waals surface area contributed by atoms with Crippen LogP contribution in [0, 0.1) is 23.7 Å². The first-order valence-corrected chi connectivity index (χ1v) is 18.9. The van der Waals surface area contributed by atoms with Crippen molar-refractivity contribution >= 4 is 0 Å². The fraction of sp³-hybridized carbons (Fsp3) is 0.478. The summed E-state index contributed by atoms with van der Waals surface area (Å²) in [5.74, 6) is 4.93. The van der Waals surface area contributed by atoms with Crippen molar-refractivity contribution in [2.45, 2.75) is 92.0 Å². The Morgan fingerprint density at radius 2 is 0.904 bits per heavy atom. The van der Waals surface area contributed by atoms with E-state index in [9.17, 15) is 5.11 Å². The molecule has 0 heterocycles. The SMILES string of the molecule is COc1ccc(C[C@@H](CCO)[C@@H](Oc2ccccc2)C(C)C)cc1.COc1ccc(C[C@@H](CCOC(C)(C)C)[C@@H](Oc2ccccc2)C(C)C)cc1. The minimum Gasteiger partial charge on any atom is -0.497 e. The Morgan fingerprint density at radius 1 is 0.519 bits per heavy atom. The van der Waals surface area contributed by atoms with Gasteiger partial charge < -0.3 is 28.8 Å². The van der Waals surface area contributed by atoms with Crippen molar-refractivity contribution in [2.75, 3.05) is 27.4 Å². The molecule has 0 saturated heterocycles. The molecular weight excluding hydrogens is 648 g/mol. The summed E-state index contributed by atoms with van der Waals surface area (Å²) in [4.78, 5) is 0. The van der Waals surface area contributed by atoms with Gasteiger partial charge in [-0.2, -0.15) is 0 Å². The molecule has 6 nitrogen and oxygen atoms in total. The third-order valence-electron chi connectivity index (χ3n) is 9.11. The van der Waals surface area contributed by atoms with Crippen molar-refractivity contribution in [1.82, 2.24) is 0 Å². The number of hydrogen-bond donors (Lipinski definition) is 1. The highest BCUT2D eigenvalue weighted by Gasteiger charge is 2.28. The molecule has 4 aromatic carbocycles. The average molecular weight is 713 g/mol. The first-order chi connectivity index (χ1) is 24.9. The van der Waals surface area contributed by atoms with E-state index in [0.29, 0.717) is 17.8 Å². The Balaban J connectivity index is 0.000000284. The van der Waals surface area contributed by atoms with Gasteiger partial charge in [0.05, 0.1) is 19.8 Å². The van der Waals surface area contributed by atoms with Gasteiger partial charge in [0, 0.05) is 25.0 Å². The van der Waals surface area contributed by atoms with Crippen molar-refractivity contribution in [3.05, 3.63) is 120 Å². The van der Waals surface area contributed by atoms with Gasteiger partial charge in [-0.1, -0.05) is 88.4 Å². The molecule has 0 aliphatic heterocycles. The Bertz CT molecular complexity index is 1480. The summed E-state index contributed by atoms with van der Waals surface area (Å²) in [5, 5.41) is 9.52. The van der Waals surface area contributed by atoms with Gasteiger partial charge in [0.1, 0.15) is 35.2 Å². The predicted octanol–water partition coefficient (Wildman–Crippen LogP) is 10.5. The van der Waals surface area contributed by atoms with Crippen molar-refractivity contribution < 1.29 is 28.8 Å². The lowest BCUT2D eigenvalue weighted by molar-refractivity contribution is -0.0205. The van der Waals surface area contributed by atoms with Crippen LogP contribution in [0.3, 0.4) is 0 Å². The molecule has 1 N–H and O–H groups in total. The lowest BCUT2D eigenvalue weighted by Gasteiger charge is -2.32. The summed E-state index contributed by atoms with van der Waals surface area (Å²) in [6.07, 6.45) is 3.68. The quantitative estimate of drug-likeness (QED) is 0.104. The molecule has 0 unspecified atom stereocenters. The molecule has 0 fully saturated rings. The maximum absolute atomic E-state index is 9.52. The molecule has 0 radical (unpaired) electrons. The zero-order valence-corrected chi connectivity index (χ0v) is 33.1. The van der Waals surface area contributed by atoms with Crippen molar-refractivity contribution in [3.8, 4) is 23.0 Å². The Kier molecular flexibility index (Phi) is 18.1. The van der Waals surface area contributed by atoms with Crippen LogP contribution in [0.1, 0.15) is 72.4 Å². The minimum absolute atomic E-state index is 0.0571. The standard InChI is InChI=1S/C25H36O3.C21H28O3/c1-19(2)24(28-23-10-8-7-9-11-23)21(16-17-27-25(3,4)5)18-20-12-14-22(26-6)15-13-20;1-16(2)21(24-20-7-5-4-6-8-20)18(13-14-22)15-17-9-11-19(23-3)12-10-17/h7-15,19,21,24H,16-18H2,1-6H3;4-12,16,18,21-22H,13-15H2,1-3H3/t21-,24+;18-,21+/m11/s1. The van der Waals surface area contributed by atoms with E-state index in [1.807, 2.05) is 84.9 Å². The molecule has 52 heavy (non-hydrogen) atoms. The summed E-state index contributed by atoms with van der Waals surface area (Å²) in [6, 6.07) is 36.5. The van der Waals surface area contributed by atoms with Crippen LogP contribution < -0.4 is 18.9 Å². The zero-order chi connectivity index (χ0) is 37.9. The lowest BCUT2D eigenvalue weighted by Crippen LogP contribution is -2.35. The number of methoxy groups -OCH3 is 2. The van der Waals surface area contributed by atoms with Crippen LogP contribution in [0.2, 0.25) is 0 Å². The highest BCUT2D eigenvalue weighted by atomic mass is 16.5. The molecule has 0 aliphatic rings. The van der Waals surface area contributed by atoms with E-state index in [2.05, 4.69) is 72.7 Å². The predicted molar refractivity (Wildman–Crippen MR) is 214 cm³/mol. The average Bonchev–Trinajstić information content (AvgIpc) is 3.13.